The molecule has 5 nitrogen and oxygen atoms in total. The molecule has 0 saturated carbocycles. The molecule has 0 bridgehead atoms. The van der Waals surface area contributed by atoms with Crippen molar-refractivity contribution in [3.8, 4) is 11.5 Å². The molecule has 0 spiro atoms. The Bertz CT molecular complexity index is 666. The maximum absolute atomic E-state index is 11.5. The summed E-state index contributed by atoms with van der Waals surface area (Å²) in [5.41, 5.74) is 0. The van der Waals surface area contributed by atoms with Gasteiger partial charge in [0.05, 0.1) is 0 Å². The van der Waals surface area contributed by atoms with Crippen molar-refractivity contribution in [3.63, 3.8) is 0 Å². The molecule has 2 N–H and O–H groups in total. The van der Waals surface area contributed by atoms with E-state index in [1.165, 1.54) is 12.1 Å². The van der Waals surface area contributed by atoms with Crippen LogP contribution in [0.1, 0.15) is 0 Å². The van der Waals surface area contributed by atoms with Gasteiger partial charge in [0, 0.05) is 5.39 Å². The predicted molar refractivity (Wildman–Crippen MR) is 54.9 cm³/mol. The van der Waals surface area contributed by atoms with E-state index in [4.69, 9.17) is 4.55 Å². The van der Waals surface area contributed by atoms with E-state index in [-0.39, 0.29) is 40.3 Å². The summed E-state index contributed by atoms with van der Waals surface area (Å²) >= 11 is 0. The summed E-state index contributed by atoms with van der Waals surface area (Å²) in [5.74, 6) is -1.18. The van der Waals surface area contributed by atoms with Crippen molar-refractivity contribution >= 4 is 20.9 Å². The first-order valence-electron chi connectivity index (χ1n) is 4.30. The fraction of sp³-hybridized carbons (Fsp3) is 0. The molecular formula is C10H7NaO5S. The normalized spacial score (nSPS) is 11.1. The molecule has 2 aromatic carbocycles. The number of phenolic OH excluding ortho intramolecular Hbond substituents is 1. The molecule has 0 amide bonds. The second kappa shape index (κ2) is 4.83. The van der Waals surface area contributed by atoms with Crippen LogP contribution in [-0.4, -0.2) is 18.1 Å². The molecule has 0 aromatic heterocycles. The fourth-order valence-electron chi connectivity index (χ4n) is 1.50. The van der Waals surface area contributed by atoms with E-state index in [1.807, 2.05) is 0 Å². The summed E-state index contributed by atoms with van der Waals surface area (Å²) in [6.07, 6.45) is 0. The Morgan fingerprint density at radius 1 is 1.12 bits per heavy atom. The number of phenols is 1. The van der Waals surface area contributed by atoms with Crippen LogP contribution in [0.2, 0.25) is 0 Å². The van der Waals surface area contributed by atoms with Crippen LogP contribution in [0.5, 0.6) is 11.5 Å². The fourth-order valence-corrected chi connectivity index (χ4v) is 2.11. The van der Waals surface area contributed by atoms with Crippen molar-refractivity contribution in [2.45, 2.75) is 4.90 Å². The maximum atomic E-state index is 11.5. The van der Waals surface area contributed by atoms with Crippen LogP contribution in [0.15, 0.2) is 35.2 Å². The number of rotatable bonds is 1. The van der Waals surface area contributed by atoms with Gasteiger partial charge in [0.1, 0.15) is 10.6 Å². The molecule has 0 aliphatic rings. The first-order chi connectivity index (χ1) is 7.41. The van der Waals surface area contributed by atoms with Gasteiger partial charge < -0.3 is 10.2 Å². The third kappa shape index (κ3) is 2.56. The third-order valence-electron chi connectivity index (χ3n) is 2.22. The molecule has 0 unspecified atom stereocenters. The van der Waals surface area contributed by atoms with Gasteiger partial charge in [-0.15, -0.1) is 0 Å². The zero-order chi connectivity index (χ0) is 11.9. The van der Waals surface area contributed by atoms with Gasteiger partial charge in [0.15, 0.2) is 0 Å². The molecule has 0 fully saturated rings. The van der Waals surface area contributed by atoms with E-state index in [1.54, 1.807) is 12.1 Å². The first-order valence-corrected chi connectivity index (χ1v) is 5.74. The summed E-state index contributed by atoms with van der Waals surface area (Å²) < 4.78 is 30.6. The molecule has 17 heavy (non-hydrogen) atoms. The van der Waals surface area contributed by atoms with Crippen LogP contribution in [-0.2, 0) is 10.1 Å². The maximum Gasteiger partial charge on any atom is 1.00 e. The summed E-state index contributed by atoms with van der Waals surface area (Å²) in [4.78, 5) is -0.767. The zero-order valence-electron chi connectivity index (χ0n) is 8.91. The Kier molecular flexibility index (Phi) is 4.06. The minimum absolute atomic E-state index is 0. The van der Waals surface area contributed by atoms with Crippen LogP contribution < -0.4 is 34.7 Å². The molecule has 0 aliphatic heterocycles. The number of hydrogen-bond donors (Lipinski definition) is 2. The van der Waals surface area contributed by atoms with Gasteiger partial charge in [-0.25, -0.2) is 0 Å². The topological polar surface area (TPSA) is 97.7 Å². The second-order valence-corrected chi connectivity index (χ2v) is 4.63. The van der Waals surface area contributed by atoms with Crippen molar-refractivity contribution in [2.24, 2.45) is 0 Å². The smallest absolute Gasteiger partial charge is 0.872 e. The number of benzene rings is 2. The van der Waals surface area contributed by atoms with Crippen LogP contribution in [0.4, 0.5) is 0 Å². The molecule has 7 heteroatoms. The van der Waals surface area contributed by atoms with Gasteiger partial charge in [-0.05, 0) is 11.5 Å². The van der Waals surface area contributed by atoms with Crippen molar-refractivity contribution < 1.29 is 52.7 Å². The molecule has 84 valence electrons. The van der Waals surface area contributed by atoms with Gasteiger partial charge in [0.2, 0.25) is 0 Å². The molecular weight excluding hydrogens is 255 g/mol. The van der Waals surface area contributed by atoms with E-state index in [0.29, 0.717) is 6.07 Å². The minimum Gasteiger partial charge on any atom is -0.872 e. The van der Waals surface area contributed by atoms with Gasteiger partial charge in [-0.1, -0.05) is 30.0 Å². The van der Waals surface area contributed by atoms with Crippen molar-refractivity contribution in [2.75, 3.05) is 0 Å². The van der Waals surface area contributed by atoms with Gasteiger partial charge >= 0.3 is 29.6 Å². The van der Waals surface area contributed by atoms with E-state index in [0.717, 1.165) is 0 Å². The van der Waals surface area contributed by atoms with Gasteiger partial charge in [-0.2, -0.15) is 8.42 Å². The minimum atomic E-state index is -4.60. The third-order valence-corrected chi connectivity index (χ3v) is 3.09. The molecule has 0 radical (unpaired) electrons. The largest absolute Gasteiger partial charge is 1.00 e. The zero-order valence-corrected chi connectivity index (χ0v) is 11.7. The van der Waals surface area contributed by atoms with E-state index >= 15 is 0 Å². The van der Waals surface area contributed by atoms with Crippen molar-refractivity contribution in [3.05, 3.63) is 30.3 Å². The van der Waals surface area contributed by atoms with Crippen LogP contribution >= 0.6 is 0 Å². The average molecular weight is 262 g/mol. The Morgan fingerprint density at radius 3 is 2.18 bits per heavy atom. The second-order valence-electron chi connectivity index (χ2n) is 3.24. The van der Waals surface area contributed by atoms with E-state index < -0.39 is 26.5 Å². The SMILES string of the molecule is O=S(=O)(O)c1cc([O-])c2ccccc2c1O.[Na+]. The molecule has 0 atom stereocenters. The number of hydrogen-bond acceptors (Lipinski definition) is 4. The average Bonchev–Trinajstić information content (AvgIpc) is 2.22. The summed E-state index contributed by atoms with van der Waals surface area (Å²) in [6.45, 7) is 0. The molecule has 0 aliphatic carbocycles. The van der Waals surface area contributed by atoms with E-state index in [9.17, 15) is 18.6 Å². The van der Waals surface area contributed by atoms with E-state index in [2.05, 4.69) is 0 Å². The molecule has 2 aromatic rings. The standard InChI is InChI=1S/C10H8O5S.Na/c11-8-5-9(16(13,14)15)10(12)7-4-2-1-3-6(7)8;/h1-5,11-12H,(H,13,14,15);/q;+1/p-1. The van der Waals surface area contributed by atoms with Crippen LogP contribution in [0.25, 0.3) is 10.8 Å². The number of aromatic hydroxyl groups is 1. The van der Waals surface area contributed by atoms with Crippen LogP contribution in [0.3, 0.4) is 0 Å². The quantitative estimate of drug-likeness (QED) is 0.452. The van der Waals surface area contributed by atoms with Crippen molar-refractivity contribution in [1.82, 2.24) is 0 Å². The monoisotopic (exact) mass is 262 g/mol. The molecule has 0 heterocycles. The summed E-state index contributed by atoms with van der Waals surface area (Å²) in [6, 6.07) is 6.71. The predicted octanol–water partition coefficient (Wildman–Crippen LogP) is -2.13. The Morgan fingerprint density at radius 2 is 1.65 bits per heavy atom. The summed E-state index contributed by atoms with van der Waals surface area (Å²) in [5, 5.41) is 21.4. The molecule has 2 rings (SSSR count). The Balaban J connectivity index is 0.00000144. The molecule has 0 saturated heterocycles. The van der Waals surface area contributed by atoms with Gasteiger partial charge in [0.25, 0.3) is 10.1 Å². The van der Waals surface area contributed by atoms with Crippen molar-refractivity contribution in [1.29, 1.82) is 0 Å². The summed E-state index contributed by atoms with van der Waals surface area (Å²) in [7, 11) is -4.60. The number of fused-ring (bicyclic) bond motifs is 1. The first kappa shape index (κ1) is 14.3. The van der Waals surface area contributed by atoms with Gasteiger partial charge in [-0.3, -0.25) is 4.55 Å². The Labute approximate surface area is 120 Å². The van der Waals surface area contributed by atoms with Crippen LogP contribution in [0, 0.1) is 0 Å². The Hall–Kier alpha value is -0.790.